The number of carbonyl (C=O) groups excluding carboxylic acids is 1. The van der Waals surface area contributed by atoms with Crippen LogP contribution in [0.5, 0.6) is 0 Å². The van der Waals surface area contributed by atoms with Gasteiger partial charge in [-0.3, -0.25) is 4.79 Å². The molecule has 0 saturated heterocycles. The molecule has 0 spiro atoms. The molecule has 0 aliphatic carbocycles. The summed E-state index contributed by atoms with van der Waals surface area (Å²) in [6, 6.07) is 9.66. The van der Waals surface area contributed by atoms with Crippen LogP contribution in [0.25, 0.3) is 6.08 Å². The molecule has 0 unspecified atom stereocenters. The number of alkyl halides is 2. The fraction of sp³-hybridized carbons (Fsp3) is 0.100. The Kier molecular flexibility index (Phi) is 5.06. The van der Waals surface area contributed by atoms with Crippen molar-refractivity contribution in [3.05, 3.63) is 40.4 Å². The van der Waals surface area contributed by atoms with E-state index < -0.39 is 0 Å². The van der Waals surface area contributed by atoms with E-state index in [-0.39, 0.29) is 9.52 Å². The Morgan fingerprint density at radius 1 is 1.21 bits per heavy atom. The minimum absolute atomic E-state index is 0.0335. The van der Waals surface area contributed by atoms with Gasteiger partial charge in [-0.1, -0.05) is 62.2 Å². The summed E-state index contributed by atoms with van der Waals surface area (Å²) in [5, 5.41) is 0. The van der Waals surface area contributed by atoms with Gasteiger partial charge in [0.05, 0.1) is 4.48 Å². The molecule has 0 heterocycles. The first-order chi connectivity index (χ1) is 6.61. The van der Waals surface area contributed by atoms with Crippen LogP contribution in [0.15, 0.2) is 34.8 Å². The molecule has 0 aromatic heterocycles. The van der Waals surface area contributed by atoms with Crippen LogP contribution < -0.4 is 0 Å². The first-order valence-electron chi connectivity index (χ1n) is 3.86. The molecule has 1 aromatic carbocycles. The molecule has 0 bridgehead atoms. The van der Waals surface area contributed by atoms with Gasteiger partial charge in [-0.25, -0.2) is 0 Å². The van der Waals surface area contributed by atoms with Gasteiger partial charge in [-0.05, 0) is 27.6 Å². The molecule has 1 aromatic rings. The average Bonchev–Trinajstić information content (AvgIpc) is 2.18. The van der Waals surface area contributed by atoms with Crippen LogP contribution >= 0.6 is 47.8 Å². The van der Waals surface area contributed by atoms with Crippen molar-refractivity contribution in [3.8, 4) is 0 Å². The molecule has 0 aliphatic rings. The number of halogens is 3. The highest BCUT2D eigenvalue weighted by molar-refractivity contribution is 9.25. The van der Waals surface area contributed by atoms with Gasteiger partial charge in [0.15, 0.2) is 5.78 Å². The fourth-order valence-corrected chi connectivity index (χ4v) is 2.47. The van der Waals surface area contributed by atoms with Crippen molar-refractivity contribution < 1.29 is 4.79 Å². The molecule has 0 radical (unpaired) electrons. The number of carbonyl (C=O) groups is 1. The van der Waals surface area contributed by atoms with E-state index in [1.807, 2.05) is 30.3 Å². The summed E-state index contributed by atoms with van der Waals surface area (Å²) in [5.74, 6) is -0.0335. The first kappa shape index (κ1) is 12.1. The van der Waals surface area contributed by atoms with Crippen LogP contribution in [0, 0.1) is 0 Å². The molecule has 0 atom stereocenters. The van der Waals surface area contributed by atoms with Gasteiger partial charge in [0.1, 0.15) is 3.74 Å². The molecule has 4 heteroatoms. The molecule has 74 valence electrons. The maximum absolute atomic E-state index is 11.4. The van der Waals surface area contributed by atoms with Crippen LogP contribution in [-0.4, -0.2) is 9.52 Å². The number of benzene rings is 1. The smallest absolute Gasteiger partial charge is 0.194 e. The summed E-state index contributed by atoms with van der Waals surface area (Å²) in [6.07, 6.45) is 1.79. The Morgan fingerprint density at radius 2 is 1.79 bits per heavy atom. The van der Waals surface area contributed by atoms with Gasteiger partial charge in [-0.2, -0.15) is 0 Å². The Labute approximate surface area is 108 Å². The molecule has 14 heavy (non-hydrogen) atoms. The summed E-state index contributed by atoms with van der Waals surface area (Å²) < 4.78 is 0.201. The molecule has 0 amide bonds. The van der Waals surface area contributed by atoms with Crippen LogP contribution in [0.3, 0.4) is 0 Å². The molecule has 1 rings (SSSR count). The number of Topliss-reactive ketones (excluding diaryl/α,β-unsaturated/α-hetero) is 1. The highest BCUT2D eigenvalue weighted by atomic mass is 79.9. The van der Waals surface area contributed by atoms with E-state index in [0.29, 0.717) is 4.48 Å². The number of ketones is 1. The third kappa shape index (κ3) is 3.67. The van der Waals surface area contributed by atoms with E-state index in [9.17, 15) is 4.79 Å². The van der Waals surface area contributed by atoms with Gasteiger partial charge in [0, 0.05) is 0 Å². The lowest BCUT2D eigenvalue weighted by Gasteiger charge is -1.99. The third-order valence-corrected chi connectivity index (χ3v) is 2.98. The van der Waals surface area contributed by atoms with E-state index in [4.69, 9.17) is 0 Å². The van der Waals surface area contributed by atoms with Crippen LogP contribution in [0.4, 0.5) is 0 Å². The second kappa shape index (κ2) is 5.83. The third-order valence-electron chi connectivity index (χ3n) is 1.53. The quantitative estimate of drug-likeness (QED) is 0.568. The summed E-state index contributed by atoms with van der Waals surface area (Å²) in [7, 11) is 0. The van der Waals surface area contributed by atoms with Gasteiger partial charge in [0.2, 0.25) is 0 Å². The van der Waals surface area contributed by atoms with Gasteiger partial charge in [-0.15, -0.1) is 0 Å². The molecular formula is C10H7Br3O. The first-order valence-corrected chi connectivity index (χ1v) is 6.48. The van der Waals surface area contributed by atoms with E-state index in [2.05, 4.69) is 47.8 Å². The number of hydrogen-bond donors (Lipinski definition) is 0. The summed E-state index contributed by atoms with van der Waals surface area (Å²) in [4.78, 5) is 11.4. The monoisotopic (exact) mass is 380 g/mol. The second-order valence-corrected chi connectivity index (χ2v) is 6.48. The minimum Gasteiger partial charge on any atom is -0.291 e. The largest absolute Gasteiger partial charge is 0.291 e. The molecule has 1 nitrogen and oxygen atoms in total. The minimum atomic E-state index is -0.343. The standard InChI is InChI=1S/C10H7Br3O/c11-8(9(14)10(12)13)6-7-4-2-1-3-5-7/h1-6,10H. The van der Waals surface area contributed by atoms with Crippen LogP contribution in [0.2, 0.25) is 0 Å². The van der Waals surface area contributed by atoms with E-state index in [1.165, 1.54) is 0 Å². The van der Waals surface area contributed by atoms with Crippen LogP contribution in [0.1, 0.15) is 5.56 Å². The zero-order chi connectivity index (χ0) is 10.6. The molecular weight excluding hydrogens is 376 g/mol. The van der Waals surface area contributed by atoms with Crippen molar-refractivity contribution in [2.75, 3.05) is 0 Å². The Morgan fingerprint density at radius 3 is 2.29 bits per heavy atom. The predicted molar refractivity (Wildman–Crippen MR) is 70.0 cm³/mol. The lowest BCUT2D eigenvalue weighted by atomic mass is 10.2. The zero-order valence-electron chi connectivity index (χ0n) is 7.08. The maximum Gasteiger partial charge on any atom is 0.194 e. The maximum atomic E-state index is 11.4. The average molecular weight is 383 g/mol. The summed E-state index contributed by atoms with van der Waals surface area (Å²) >= 11 is 9.53. The zero-order valence-corrected chi connectivity index (χ0v) is 11.8. The Hall–Kier alpha value is 0.0700. The highest BCUT2D eigenvalue weighted by Gasteiger charge is 2.13. The molecule has 0 fully saturated rings. The van der Waals surface area contributed by atoms with Crippen molar-refractivity contribution in [2.24, 2.45) is 0 Å². The summed E-state index contributed by atoms with van der Waals surface area (Å²) in [6.45, 7) is 0. The van der Waals surface area contributed by atoms with Crippen molar-refractivity contribution in [3.63, 3.8) is 0 Å². The van der Waals surface area contributed by atoms with Gasteiger partial charge >= 0.3 is 0 Å². The molecule has 0 N–H and O–H groups in total. The highest BCUT2D eigenvalue weighted by Crippen LogP contribution is 2.20. The lowest BCUT2D eigenvalue weighted by Crippen LogP contribution is -2.05. The molecule has 0 aliphatic heterocycles. The van der Waals surface area contributed by atoms with Crippen molar-refractivity contribution in [1.29, 1.82) is 0 Å². The van der Waals surface area contributed by atoms with E-state index in [1.54, 1.807) is 6.08 Å². The van der Waals surface area contributed by atoms with Gasteiger partial charge in [0.25, 0.3) is 0 Å². The number of hydrogen-bond acceptors (Lipinski definition) is 1. The summed E-state index contributed by atoms with van der Waals surface area (Å²) in [5.41, 5.74) is 0.994. The van der Waals surface area contributed by atoms with Crippen molar-refractivity contribution >= 4 is 59.6 Å². The van der Waals surface area contributed by atoms with Crippen molar-refractivity contribution in [2.45, 2.75) is 3.74 Å². The van der Waals surface area contributed by atoms with Crippen LogP contribution in [-0.2, 0) is 4.79 Å². The number of allylic oxidation sites excluding steroid dienone is 1. The SMILES string of the molecule is O=C(C(Br)=Cc1ccccc1)C(Br)Br. The fourth-order valence-electron chi connectivity index (χ4n) is 0.871. The second-order valence-electron chi connectivity index (χ2n) is 2.57. The normalized spacial score (nSPS) is 11.9. The Bertz CT molecular complexity index is 344. The number of rotatable bonds is 3. The topological polar surface area (TPSA) is 17.1 Å². The van der Waals surface area contributed by atoms with Crippen molar-refractivity contribution in [1.82, 2.24) is 0 Å². The lowest BCUT2D eigenvalue weighted by molar-refractivity contribution is -0.112. The van der Waals surface area contributed by atoms with E-state index >= 15 is 0 Å². The molecule has 0 saturated carbocycles. The predicted octanol–water partition coefficient (Wildman–Crippen LogP) is 4.11. The Balaban J connectivity index is 2.84. The van der Waals surface area contributed by atoms with Gasteiger partial charge < -0.3 is 0 Å². The van der Waals surface area contributed by atoms with E-state index in [0.717, 1.165) is 5.56 Å².